The van der Waals surface area contributed by atoms with Crippen LogP contribution in [0, 0.1) is 0 Å². The van der Waals surface area contributed by atoms with Crippen molar-refractivity contribution in [2.24, 2.45) is 5.73 Å². The number of nitrogens with zero attached hydrogens (tertiary/aromatic N) is 1. The zero-order valence-electron chi connectivity index (χ0n) is 11.1. The van der Waals surface area contributed by atoms with Crippen LogP contribution in [-0.2, 0) is 6.54 Å². The molecule has 106 valence electrons. The SMILES string of the molecule is CC1CC(N)CCN1Cc1ccc(OC(F)F)cc1. The third-order valence-corrected chi connectivity index (χ3v) is 3.59. The molecule has 5 heteroatoms. The van der Waals surface area contributed by atoms with Gasteiger partial charge in [-0.05, 0) is 37.5 Å². The average Bonchev–Trinajstić information content (AvgIpc) is 2.34. The van der Waals surface area contributed by atoms with Crippen molar-refractivity contribution in [3.63, 3.8) is 0 Å². The lowest BCUT2D eigenvalue weighted by atomic mass is 9.98. The lowest BCUT2D eigenvalue weighted by molar-refractivity contribution is -0.0498. The van der Waals surface area contributed by atoms with Crippen LogP contribution in [0.2, 0.25) is 0 Å². The highest BCUT2D eigenvalue weighted by Gasteiger charge is 2.22. The molecule has 1 aromatic rings. The number of ether oxygens (including phenoxy) is 1. The smallest absolute Gasteiger partial charge is 0.387 e. The molecule has 0 bridgehead atoms. The molecule has 0 amide bonds. The summed E-state index contributed by atoms with van der Waals surface area (Å²) in [6, 6.07) is 7.59. The van der Waals surface area contributed by atoms with E-state index in [1.807, 2.05) is 12.1 Å². The van der Waals surface area contributed by atoms with Gasteiger partial charge in [-0.15, -0.1) is 0 Å². The number of hydrogen-bond donors (Lipinski definition) is 1. The summed E-state index contributed by atoms with van der Waals surface area (Å²) < 4.78 is 28.4. The normalized spacial score (nSPS) is 24.7. The topological polar surface area (TPSA) is 38.5 Å². The van der Waals surface area contributed by atoms with Crippen LogP contribution in [0.5, 0.6) is 5.75 Å². The van der Waals surface area contributed by atoms with E-state index in [2.05, 4.69) is 16.6 Å². The second kappa shape index (κ2) is 6.30. The number of halogens is 2. The Morgan fingerprint density at radius 2 is 2.05 bits per heavy atom. The van der Waals surface area contributed by atoms with Gasteiger partial charge in [0.15, 0.2) is 0 Å². The summed E-state index contributed by atoms with van der Waals surface area (Å²) in [5, 5.41) is 0. The van der Waals surface area contributed by atoms with Gasteiger partial charge >= 0.3 is 6.61 Å². The first kappa shape index (κ1) is 14.2. The molecule has 1 aliphatic heterocycles. The second-order valence-corrected chi connectivity index (χ2v) is 5.13. The molecule has 2 N–H and O–H groups in total. The Balaban J connectivity index is 1.92. The fraction of sp³-hybridized carbons (Fsp3) is 0.571. The van der Waals surface area contributed by atoms with Crippen LogP contribution in [0.15, 0.2) is 24.3 Å². The minimum atomic E-state index is -2.77. The molecule has 0 saturated carbocycles. The van der Waals surface area contributed by atoms with Crippen LogP contribution in [0.25, 0.3) is 0 Å². The maximum Gasteiger partial charge on any atom is 0.387 e. The van der Waals surface area contributed by atoms with Gasteiger partial charge in [-0.2, -0.15) is 8.78 Å². The molecule has 19 heavy (non-hydrogen) atoms. The maximum absolute atomic E-state index is 12.0. The molecule has 0 spiro atoms. The standard InChI is InChI=1S/C14H20F2N2O/c1-10-8-12(17)6-7-18(10)9-11-2-4-13(5-3-11)19-14(15)16/h2-5,10,12,14H,6-9,17H2,1H3. The first-order valence-electron chi connectivity index (χ1n) is 6.58. The number of rotatable bonds is 4. The fourth-order valence-corrected chi connectivity index (χ4v) is 2.50. The van der Waals surface area contributed by atoms with E-state index in [1.165, 1.54) is 0 Å². The summed E-state index contributed by atoms with van der Waals surface area (Å²) >= 11 is 0. The molecule has 2 unspecified atom stereocenters. The van der Waals surface area contributed by atoms with Gasteiger partial charge in [0, 0.05) is 25.2 Å². The lowest BCUT2D eigenvalue weighted by Crippen LogP contribution is -2.44. The molecular weight excluding hydrogens is 250 g/mol. The van der Waals surface area contributed by atoms with Crippen molar-refractivity contribution in [1.29, 1.82) is 0 Å². The Bertz CT molecular complexity index is 397. The summed E-state index contributed by atoms with van der Waals surface area (Å²) in [5.74, 6) is 0.201. The number of alkyl halides is 2. The maximum atomic E-state index is 12.0. The van der Waals surface area contributed by atoms with E-state index in [1.54, 1.807) is 12.1 Å². The van der Waals surface area contributed by atoms with E-state index in [-0.39, 0.29) is 5.75 Å². The molecule has 0 aliphatic carbocycles. The molecule has 1 heterocycles. The molecule has 1 fully saturated rings. The van der Waals surface area contributed by atoms with Gasteiger partial charge in [0.25, 0.3) is 0 Å². The molecule has 0 radical (unpaired) electrons. The van der Waals surface area contributed by atoms with Crippen molar-refractivity contribution in [3.8, 4) is 5.75 Å². The van der Waals surface area contributed by atoms with Gasteiger partial charge in [0.2, 0.25) is 0 Å². The van der Waals surface area contributed by atoms with E-state index < -0.39 is 6.61 Å². The Kier molecular flexibility index (Phi) is 4.71. The lowest BCUT2D eigenvalue weighted by Gasteiger charge is -2.36. The summed E-state index contributed by atoms with van der Waals surface area (Å²) in [5.41, 5.74) is 7.03. The third kappa shape index (κ3) is 4.14. The average molecular weight is 270 g/mol. The van der Waals surface area contributed by atoms with E-state index >= 15 is 0 Å². The molecule has 2 atom stereocenters. The van der Waals surface area contributed by atoms with Crippen LogP contribution in [-0.4, -0.2) is 30.1 Å². The number of benzene rings is 1. The minimum absolute atomic E-state index is 0.201. The summed E-state index contributed by atoms with van der Waals surface area (Å²) in [6.45, 7) is 1.21. The van der Waals surface area contributed by atoms with Crippen molar-refractivity contribution in [3.05, 3.63) is 29.8 Å². The molecule has 1 aliphatic rings. The fourth-order valence-electron chi connectivity index (χ4n) is 2.50. The van der Waals surface area contributed by atoms with Gasteiger partial charge in [0.1, 0.15) is 5.75 Å². The van der Waals surface area contributed by atoms with Crippen LogP contribution in [0.1, 0.15) is 25.3 Å². The van der Waals surface area contributed by atoms with Gasteiger partial charge in [0.05, 0.1) is 0 Å². The molecule has 0 aromatic heterocycles. The first-order valence-corrected chi connectivity index (χ1v) is 6.58. The van der Waals surface area contributed by atoms with Crippen molar-refractivity contribution < 1.29 is 13.5 Å². The Morgan fingerprint density at radius 3 is 2.63 bits per heavy atom. The minimum Gasteiger partial charge on any atom is -0.435 e. The van der Waals surface area contributed by atoms with E-state index in [4.69, 9.17) is 5.73 Å². The van der Waals surface area contributed by atoms with E-state index in [9.17, 15) is 8.78 Å². The van der Waals surface area contributed by atoms with Crippen molar-refractivity contribution in [2.45, 2.75) is 45.0 Å². The van der Waals surface area contributed by atoms with Gasteiger partial charge in [-0.3, -0.25) is 4.90 Å². The number of likely N-dealkylation sites (tertiary alicyclic amines) is 1. The van der Waals surface area contributed by atoms with Crippen molar-refractivity contribution in [1.82, 2.24) is 4.90 Å². The molecule has 2 rings (SSSR count). The Morgan fingerprint density at radius 1 is 1.37 bits per heavy atom. The monoisotopic (exact) mass is 270 g/mol. The Hall–Kier alpha value is -1.20. The predicted molar refractivity (Wildman–Crippen MR) is 70.2 cm³/mol. The summed E-state index contributed by atoms with van der Waals surface area (Å²) in [7, 11) is 0. The zero-order chi connectivity index (χ0) is 13.8. The predicted octanol–water partition coefficient (Wildman–Crippen LogP) is 2.60. The molecule has 1 saturated heterocycles. The highest BCUT2D eigenvalue weighted by molar-refractivity contribution is 5.27. The van der Waals surface area contributed by atoms with Crippen LogP contribution >= 0.6 is 0 Å². The molecular formula is C14H20F2N2O. The van der Waals surface area contributed by atoms with Crippen LogP contribution in [0.4, 0.5) is 8.78 Å². The molecule has 3 nitrogen and oxygen atoms in total. The highest BCUT2D eigenvalue weighted by Crippen LogP contribution is 2.20. The zero-order valence-corrected chi connectivity index (χ0v) is 11.1. The first-order chi connectivity index (χ1) is 9.04. The van der Waals surface area contributed by atoms with Crippen molar-refractivity contribution >= 4 is 0 Å². The number of piperidine rings is 1. The van der Waals surface area contributed by atoms with Crippen molar-refractivity contribution in [2.75, 3.05) is 6.54 Å². The third-order valence-electron chi connectivity index (χ3n) is 3.59. The second-order valence-electron chi connectivity index (χ2n) is 5.13. The van der Waals surface area contributed by atoms with Crippen LogP contribution < -0.4 is 10.5 Å². The highest BCUT2D eigenvalue weighted by atomic mass is 19.3. The van der Waals surface area contributed by atoms with Gasteiger partial charge < -0.3 is 10.5 Å². The number of hydrogen-bond acceptors (Lipinski definition) is 3. The largest absolute Gasteiger partial charge is 0.435 e. The van der Waals surface area contributed by atoms with E-state index in [0.29, 0.717) is 12.1 Å². The summed E-state index contributed by atoms with van der Waals surface area (Å²) in [4.78, 5) is 2.37. The Labute approximate surface area is 112 Å². The van der Waals surface area contributed by atoms with Gasteiger partial charge in [-0.25, -0.2) is 0 Å². The quantitative estimate of drug-likeness (QED) is 0.914. The van der Waals surface area contributed by atoms with Crippen LogP contribution in [0.3, 0.4) is 0 Å². The summed E-state index contributed by atoms with van der Waals surface area (Å²) in [6.07, 6.45) is 2.02. The van der Waals surface area contributed by atoms with E-state index in [0.717, 1.165) is 31.5 Å². The number of nitrogens with two attached hydrogens (primary N) is 1. The van der Waals surface area contributed by atoms with Gasteiger partial charge in [-0.1, -0.05) is 12.1 Å². The molecule has 1 aromatic carbocycles.